The van der Waals surface area contributed by atoms with Crippen LogP contribution in [0.4, 0.5) is 0 Å². The molecule has 0 radical (unpaired) electrons. The summed E-state index contributed by atoms with van der Waals surface area (Å²) in [6, 6.07) is 21.5. The molecule has 2 nitrogen and oxygen atoms in total. The van der Waals surface area contributed by atoms with Gasteiger partial charge < -0.3 is 4.42 Å². The van der Waals surface area contributed by atoms with Gasteiger partial charge in [-0.05, 0) is 60.4 Å². The van der Waals surface area contributed by atoms with E-state index in [9.17, 15) is 0 Å². The van der Waals surface area contributed by atoms with Gasteiger partial charge in [-0.2, -0.15) is 0 Å². The van der Waals surface area contributed by atoms with E-state index in [1.165, 1.54) is 64.8 Å². The van der Waals surface area contributed by atoms with E-state index in [1.807, 2.05) is 12.1 Å². The molecule has 0 aliphatic heterocycles. The Hall–Kier alpha value is -3.13. The van der Waals surface area contributed by atoms with Crippen molar-refractivity contribution in [3.8, 4) is 11.3 Å². The predicted octanol–water partition coefficient (Wildman–Crippen LogP) is 8.16. The third kappa shape index (κ3) is 2.74. The quantitative estimate of drug-likeness (QED) is 0.303. The minimum Gasteiger partial charge on any atom is -0.455 e. The van der Waals surface area contributed by atoms with Gasteiger partial charge in [0.25, 0.3) is 0 Å². The number of benzene rings is 3. The zero-order valence-electron chi connectivity index (χ0n) is 17.3. The largest absolute Gasteiger partial charge is 0.455 e. The van der Waals surface area contributed by atoms with Crippen molar-refractivity contribution in [2.24, 2.45) is 0 Å². The van der Waals surface area contributed by atoms with E-state index < -0.39 is 0 Å². The lowest BCUT2D eigenvalue weighted by molar-refractivity contribution is 0.445. The Morgan fingerprint density at radius 2 is 1.53 bits per heavy atom. The van der Waals surface area contributed by atoms with Gasteiger partial charge in [-0.25, -0.2) is 0 Å². The molecule has 0 N–H and O–H groups in total. The number of rotatable bonds is 2. The van der Waals surface area contributed by atoms with Gasteiger partial charge in [-0.1, -0.05) is 61.7 Å². The Morgan fingerprint density at radius 1 is 0.800 bits per heavy atom. The third-order valence-electron chi connectivity index (χ3n) is 6.75. The van der Waals surface area contributed by atoms with E-state index in [-0.39, 0.29) is 0 Å². The van der Waals surface area contributed by atoms with Gasteiger partial charge in [-0.15, -0.1) is 0 Å². The second kappa shape index (κ2) is 6.98. The summed E-state index contributed by atoms with van der Waals surface area (Å²) >= 11 is 0. The molecule has 148 valence electrons. The van der Waals surface area contributed by atoms with Crippen LogP contribution in [-0.4, -0.2) is 4.98 Å². The Balaban J connectivity index is 1.63. The standard InChI is InChI=1S/C28H25NO/c1-18-15-23-21-12-7-8-14-26(21)30-28(23)24(16-18)27-22-13-6-5-11-20(22)25(17-29-27)19-9-3-2-4-10-19/h5-8,11-17,19H,2-4,9-10H2,1H3. The molecule has 1 aliphatic carbocycles. The average Bonchev–Trinajstić information content (AvgIpc) is 3.17. The Kier molecular flexibility index (Phi) is 4.12. The van der Waals surface area contributed by atoms with Gasteiger partial charge in [0.05, 0.1) is 5.69 Å². The lowest BCUT2D eigenvalue weighted by atomic mass is 9.82. The normalized spacial score (nSPS) is 15.4. The molecule has 0 atom stereocenters. The number of aromatic nitrogens is 1. The number of fused-ring (bicyclic) bond motifs is 4. The Morgan fingerprint density at radius 3 is 2.37 bits per heavy atom. The number of pyridine rings is 1. The molecule has 0 saturated heterocycles. The number of nitrogens with zero attached hydrogens (tertiary/aromatic N) is 1. The molecule has 2 heterocycles. The van der Waals surface area contributed by atoms with Crippen LogP contribution in [-0.2, 0) is 0 Å². The van der Waals surface area contributed by atoms with E-state index in [4.69, 9.17) is 9.40 Å². The monoisotopic (exact) mass is 391 g/mol. The maximum Gasteiger partial charge on any atom is 0.144 e. The van der Waals surface area contributed by atoms with E-state index in [0.29, 0.717) is 5.92 Å². The zero-order chi connectivity index (χ0) is 20.1. The summed E-state index contributed by atoms with van der Waals surface area (Å²) in [6.45, 7) is 2.16. The fraction of sp³-hybridized carbons (Fsp3) is 0.250. The molecule has 0 bridgehead atoms. The first-order valence-corrected chi connectivity index (χ1v) is 11.1. The minimum atomic E-state index is 0.633. The highest BCUT2D eigenvalue weighted by Gasteiger charge is 2.21. The van der Waals surface area contributed by atoms with Crippen molar-refractivity contribution in [2.45, 2.75) is 44.9 Å². The molecule has 5 aromatic rings. The molecule has 3 aromatic carbocycles. The fourth-order valence-corrected chi connectivity index (χ4v) is 5.32. The maximum atomic E-state index is 6.35. The molecule has 6 rings (SSSR count). The lowest BCUT2D eigenvalue weighted by Gasteiger charge is -2.23. The highest BCUT2D eigenvalue weighted by molar-refractivity contribution is 6.12. The van der Waals surface area contributed by atoms with Crippen LogP contribution >= 0.6 is 0 Å². The van der Waals surface area contributed by atoms with E-state index in [2.05, 4.69) is 61.7 Å². The highest BCUT2D eigenvalue weighted by atomic mass is 16.3. The first kappa shape index (κ1) is 17.7. The number of aryl methyl sites for hydroxylation is 1. The molecular formula is C28H25NO. The second-order valence-electron chi connectivity index (χ2n) is 8.73. The minimum absolute atomic E-state index is 0.633. The molecule has 30 heavy (non-hydrogen) atoms. The van der Waals surface area contributed by atoms with Crippen molar-refractivity contribution in [2.75, 3.05) is 0 Å². The summed E-state index contributed by atoms with van der Waals surface area (Å²) < 4.78 is 6.35. The van der Waals surface area contributed by atoms with Crippen LogP contribution in [0.5, 0.6) is 0 Å². The van der Waals surface area contributed by atoms with Crippen LogP contribution in [0, 0.1) is 6.92 Å². The summed E-state index contributed by atoms with van der Waals surface area (Å²) in [7, 11) is 0. The van der Waals surface area contributed by atoms with Crippen LogP contribution in [0.2, 0.25) is 0 Å². The molecule has 2 aromatic heterocycles. The maximum absolute atomic E-state index is 6.35. The first-order chi connectivity index (χ1) is 14.8. The van der Waals surface area contributed by atoms with Gasteiger partial charge in [-0.3, -0.25) is 4.98 Å². The molecule has 1 aliphatic rings. The first-order valence-electron chi connectivity index (χ1n) is 11.1. The summed E-state index contributed by atoms with van der Waals surface area (Å²) in [5, 5.41) is 4.91. The third-order valence-corrected chi connectivity index (χ3v) is 6.75. The summed E-state index contributed by atoms with van der Waals surface area (Å²) in [6.07, 6.45) is 8.74. The van der Waals surface area contributed by atoms with Crippen molar-refractivity contribution in [3.63, 3.8) is 0 Å². The predicted molar refractivity (Wildman–Crippen MR) is 125 cm³/mol. The van der Waals surface area contributed by atoms with Gasteiger partial charge in [0.15, 0.2) is 0 Å². The molecule has 1 saturated carbocycles. The lowest BCUT2D eigenvalue weighted by Crippen LogP contribution is -2.06. The SMILES string of the molecule is Cc1cc(-c2ncc(C3CCCCC3)c3ccccc23)c2oc3ccccc3c2c1. The topological polar surface area (TPSA) is 26.0 Å². The number of furan rings is 1. The second-order valence-corrected chi connectivity index (χ2v) is 8.73. The van der Waals surface area contributed by atoms with Crippen LogP contribution in [0.1, 0.15) is 49.1 Å². The average molecular weight is 392 g/mol. The van der Waals surface area contributed by atoms with E-state index in [1.54, 1.807) is 0 Å². The molecule has 0 amide bonds. The fourth-order valence-electron chi connectivity index (χ4n) is 5.32. The van der Waals surface area contributed by atoms with Crippen molar-refractivity contribution in [1.29, 1.82) is 0 Å². The molecule has 1 fully saturated rings. The van der Waals surface area contributed by atoms with Gasteiger partial charge >= 0.3 is 0 Å². The summed E-state index contributed by atoms with van der Waals surface area (Å²) in [4.78, 5) is 5.05. The Labute approximate surface area is 176 Å². The smallest absolute Gasteiger partial charge is 0.144 e. The number of hydrogen-bond acceptors (Lipinski definition) is 2. The zero-order valence-corrected chi connectivity index (χ0v) is 17.3. The van der Waals surface area contributed by atoms with E-state index in [0.717, 1.165) is 22.4 Å². The highest BCUT2D eigenvalue weighted by Crippen LogP contribution is 2.41. The molecule has 2 heteroatoms. The summed E-state index contributed by atoms with van der Waals surface area (Å²) in [5.41, 5.74) is 6.63. The number of hydrogen-bond donors (Lipinski definition) is 0. The van der Waals surface area contributed by atoms with Crippen LogP contribution < -0.4 is 0 Å². The van der Waals surface area contributed by atoms with Crippen molar-refractivity contribution in [1.82, 2.24) is 4.98 Å². The molecular weight excluding hydrogens is 366 g/mol. The van der Waals surface area contributed by atoms with Gasteiger partial charge in [0, 0.05) is 27.9 Å². The molecule has 0 unspecified atom stereocenters. The van der Waals surface area contributed by atoms with E-state index >= 15 is 0 Å². The van der Waals surface area contributed by atoms with Gasteiger partial charge in [0.2, 0.25) is 0 Å². The molecule has 0 spiro atoms. The van der Waals surface area contributed by atoms with Crippen molar-refractivity contribution >= 4 is 32.7 Å². The van der Waals surface area contributed by atoms with Crippen LogP contribution in [0.25, 0.3) is 44.0 Å². The number of para-hydroxylation sites is 1. The van der Waals surface area contributed by atoms with Crippen molar-refractivity contribution < 1.29 is 4.42 Å². The van der Waals surface area contributed by atoms with Crippen LogP contribution in [0.15, 0.2) is 71.3 Å². The van der Waals surface area contributed by atoms with Crippen molar-refractivity contribution in [3.05, 3.63) is 78.0 Å². The Bertz CT molecular complexity index is 1390. The van der Waals surface area contributed by atoms with Gasteiger partial charge in [0.1, 0.15) is 11.2 Å². The van der Waals surface area contributed by atoms with Crippen LogP contribution in [0.3, 0.4) is 0 Å². The summed E-state index contributed by atoms with van der Waals surface area (Å²) in [5.74, 6) is 0.633.